The number of benzene rings is 1. The summed E-state index contributed by atoms with van der Waals surface area (Å²) < 4.78 is 11.1. The Bertz CT molecular complexity index is 432. The van der Waals surface area contributed by atoms with Crippen molar-refractivity contribution in [2.45, 2.75) is 20.3 Å². The SMILES string of the molecule is Cc1cc2c(c(CC#N)c1C)OCCO2. The second-order valence-corrected chi connectivity index (χ2v) is 3.66. The Balaban J connectivity index is 2.58. The summed E-state index contributed by atoms with van der Waals surface area (Å²) in [6.07, 6.45) is 0.374. The van der Waals surface area contributed by atoms with Gasteiger partial charge in [-0.15, -0.1) is 0 Å². The smallest absolute Gasteiger partial charge is 0.165 e. The van der Waals surface area contributed by atoms with Crippen molar-refractivity contribution < 1.29 is 9.47 Å². The zero-order valence-corrected chi connectivity index (χ0v) is 8.96. The molecule has 0 fully saturated rings. The second-order valence-electron chi connectivity index (χ2n) is 3.66. The highest BCUT2D eigenvalue weighted by Crippen LogP contribution is 2.37. The van der Waals surface area contributed by atoms with E-state index in [0.29, 0.717) is 19.6 Å². The Morgan fingerprint density at radius 2 is 2.07 bits per heavy atom. The summed E-state index contributed by atoms with van der Waals surface area (Å²) in [4.78, 5) is 0. The Kier molecular flexibility index (Phi) is 2.51. The van der Waals surface area contributed by atoms with Crippen molar-refractivity contribution >= 4 is 0 Å². The predicted octanol–water partition coefficient (Wildman–Crippen LogP) is 2.14. The summed E-state index contributed by atoms with van der Waals surface area (Å²) >= 11 is 0. The largest absolute Gasteiger partial charge is 0.486 e. The third kappa shape index (κ3) is 1.63. The maximum atomic E-state index is 8.79. The summed E-state index contributed by atoms with van der Waals surface area (Å²) in [5.41, 5.74) is 3.23. The average molecular weight is 203 g/mol. The number of ether oxygens (including phenoxy) is 2. The molecular formula is C12H13NO2. The van der Waals surface area contributed by atoms with E-state index in [1.165, 1.54) is 0 Å². The van der Waals surface area contributed by atoms with E-state index in [0.717, 1.165) is 28.2 Å². The maximum absolute atomic E-state index is 8.79. The highest BCUT2D eigenvalue weighted by atomic mass is 16.6. The molecular weight excluding hydrogens is 190 g/mol. The minimum absolute atomic E-state index is 0.374. The molecule has 2 rings (SSSR count). The zero-order valence-electron chi connectivity index (χ0n) is 8.96. The molecule has 0 radical (unpaired) electrons. The van der Waals surface area contributed by atoms with Crippen LogP contribution in [0.2, 0.25) is 0 Å². The van der Waals surface area contributed by atoms with Crippen molar-refractivity contribution in [1.29, 1.82) is 5.26 Å². The number of nitrogens with zero attached hydrogens (tertiary/aromatic N) is 1. The van der Waals surface area contributed by atoms with Crippen LogP contribution in [0.25, 0.3) is 0 Å². The highest BCUT2D eigenvalue weighted by molar-refractivity contribution is 5.55. The third-order valence-corrected chi connectivity index (χ3v) is 2.73. The standard InChI is InChI=1S/C12H13NO2/c1-8-7-11-12(15-6-5-14-11)10(3-4-13)9(8)2/h7H,3,5-6H2,1-2H3. The molecule has 1 heterocycles. The van der Waals surface area contributed by atoms with E-state index in [9.17, 15) is 0 Å². The lowest BCUT2D eigenvalue weighted by atomic mass is 9.99. The minimum atomic E-state index is 0.374. The van der Waals surface area contributed by atoms with Gasteiger partial charge in [-0.2, -0.15) is 5.26 Å². The molecule has 1 aromatic carbocycles. The second kappa shape index (κ2) is 3.82. The van der Waals surface area contributed by atoms with Gasteiger partial charge in [0.05, 0.1) is 12.5 Å². The van der Waals surface area contributed by atoms with E-state index < -0.39 is 0 Å². The van der Waals surface area contributed by atoms with Gasteiger partial charge in [-0.1, -0.05) is 0 Å². The molecule has 3 nitrogen and oxygen atoms in total. The van der Waals surface area contributed by atoms with Gasteiger partial charge in [0.1, 0.15) is 13.2 Å². The summed E-state index contributed by atoms with van der Waals surface area (Å²) in [5.74, 6) is 1.53. The molecule has 0 aliphatic carbocycles. The number of nitriles is 1. The van der Waals surface area contributed by atoms with Crippen LogP contribution in [-0.2, 0) is 6.42 Å². The van der Waals surface area contributed by atoms with E-state index >= 15 is 0 Å². The fourth-order valence-electron chi connectivity index (χ4n) is 1.78. The Morgan fingerprint density at radius 1 is 1.33 bits per heavy atom. The molecule has 1 aliphatic heterocycles. The molecule has 0 amide bonds. The van der Waals surface area contributed by atoms with Crippen LogP contribution >= 0.6 is 0 Å². The first-order valence-electron chi connectivity index (χ1n) is 4.99. The van der Waals surface area contributed by atoms with Gasteiger partial charge >= 0.3 is 0 Å². The predicted molar refractivity (Wildman–Crippen MR) is 56.2 cm³/mol. The number of aryl methyl sites for hydroxylation is 1. The van der Waals surface area contributed by atoms with Gasteiger partial charge in [0.25, 0.3) is 0 Å². The minimum Gasteiger partial charge on any atom is -0.486 e. The van der Waals surface area contributed by atoms with E-state index in [2.05, 4.69) is 6.07 Å². The lowest BCUT2D eigenvalue weighted by Gasteiger charge is -2.22. The Hall–Kier alpha value is -1.69. The van der Waals surface area contributed by atoms with Crippen LogP contribution in [0.5, 0.6) is 11.5 Å². The quantitative estimate of drug-likeness (QED) is 0.702. The van der Waals surface area contributed by atoms with Crippen LogP contribution < -0.4 is 9.47 Å². The van der Waals surface area contributed by atoms with Crippen molar-refractivity contribution in [3.05, 3.63) is 22.8 Å². The molecule has 0 N–H and O–H groups in total. The van der Waals surface area contributed by atoms with Gasteiger partial charge in [0, 0.05) is 5.56 Å². The zero-order chi connectivity index (χ0) is 10.8. The summed E-state index contributed by atoms with van der Waals surface area (Å²) in [7, 11) is 0. The number of hydrogen-bond acceptors (Lipinski definition) is 3. The van der Waals surface area contributed by atoms with Crippen molar-refractivity contribution in [3.8, 4) is 17.6 Å². The normalized spacial score (nSPS) is 13.4. The van der Waals surface area contributed by atoms with Gasteiger partial charge in [0.2, 0.25) is 0 Å². The Morgan fingerprint density at radius 3 is 2.80 bits per heavy atom. The summed E-state index contributed by atoms with van der Waals surface area (Å²) in [6.45, 7) is 5.18. The molecule has 0 saturated carbocycles. The van der Waals surface area contributed by atoms with E-state index in [1.54, 1.807) is 0 Å². The first-order valence-corrected chi connectivity index (χ1v) is 4.99. The monoisotopic (exact) mass is 203 g/mol. The fourth-order valence-corrected chi connectivity index (χ4v) is 1.78. The summed E-state index contributed by atoms with van der Waals surface area (Å²) in [5, 5.41) is 8.79. The van der Waals surface area contributed by atoms with Crippen molar-refractivity contribution in [2.24, 2.45) is 0 Å². The van der Waals surface area contributed by atoms with Crippen LogP contribution in [0.15, 0.2) is 6.07 Å². The topological polar surface area (TPSA) is 42.2 Å². The molecule has 15 heavy (non-hydrogen) atoms. The van der Waals surface area contributed by atoms with Gasteiger partial charge in [0.15, 0.2) is 11.5 Å². The van der Waals surface area contributed by atoms with Crippen molar-refractivity contribution in [2.75, 3.05) is 13.2 Å². The molecule has 1 aliphatic rings. The van der Waals surface area contributed by atoms with E-state index in [-0.39, 0.29) is 0 Å². The van der Waals surface area contributed by atoms with Crippen LogP contribution in [-0.4, -0.2) is 13.2 Å². The highest BCUT2D eigenvalue weighted by Gasteiger charge is 2.19. The number of rotatable bonds is 1. The van der Waals surface area contributed by atoms with Crippen LogP contribution in [0.4, 0.5) is 0 Å². The van der Waals surface area contributed by atoms with E-state index in [4.69, 9.17) is 14.7 Å². The Labute approximate surface area is 89.2 Å². The van der Waals surface area contributed by atoms with Gasteiger partial charge in [-0.25, -0.2) is 0 Å². The molecule has 0 saturated heterocycles. The number of fused-ring (bicyclic) bond motifs is 1. The third-order valence-electron chi connectivity index (χ3n) is 2.73. The first kappa shape index (κ1) is 9.85. The molecule has 78 valence electrons. The molecule has 0 bridgehead atoms. The summed E-state index contributed by atoms with van der Waals surface area (Å²) in [6, 6.07) is 4.14. The lowest BCUT2D eigenvalue weighted by Crippen LogP contribution is -2.17. The molecule has 1 aromatic rings. The first-order chi connectivity index (χ1) is 7.24. The van der Waals surface area contributed by atoms with Crippen molar-refractivity contribution in [1.82, 2.24) is 0 Å². The molecule has 0 unspecified atom stereocenters. The van der Waals surface area contributed by atoms with Gasteiger partial charge < -0.3 is 9.47 Å². The fraction of sp³-hybridized carbons (Fsp3) is 0.417. The lowest BCUT2D eigenvalue weighted by molar-refractivity contribution is 0.170. The number of hydrogen-bond donors (Lipinski definition) is 0. The average Bonchev–Trinajstić information content (AvgIpc) is 2.25. The van der Waals surface area contributed by atoms with E-state index in [1.807, 2.05) is 19.9 Å². The molecule has 0 atom stereocenters. The van der Waals surface area contributed by atoms with Gasteiger partial charge in [-0.05, 0) is 31.0 Å². The molecule has 0 spiro atoms. The van der Waals surface area contributed by atoms with Crippen LogP contribution in [0.1, 0.15) is 16.7 Å². The molecule has 3 heteroatoms. The van der Waals surface area contributed by atoms with Crippen molar-refractivity contribution in [3.63, 3.8) is 0 Å². The van der Waals surface area contributed by atoms with Crippen LogP contribution in [0.3, 0.4) is 0 Å². The van der Waals surface area contributed by atoms with Gasteiger partial charge in [-0.3, -0.25) is 0 Å². The molecule has 0 aromatic heterocycles. The van der Waals surface area contributed by atoms with Crippen LogP contribution in [0, 0.1) is 25.2 Å². The maximum Gasteiger partial charge on any atom is 0.165 e.